The molecular weight excluding hydrogens is 370 g/mol. The van der Waals surface area contributed by atoms with Crippen LogP contribution in [0, 0.1) is 5.92 Å². The second-order valence-corrected chi connectivity index (χ2v) is 6.40. The zero-order chi connectivity index (χ0) is 21.0. The maximum absolute atomic E-state index is 11.5. The van der Waals surface area contributed by atoms with Gasteiger partial charge in [0.2, 0.25) is 0 Å². The van der Waals surface area contributed by atoms with Gasteiger partial charge in [-0.15, -0.1) is 0 Å². The Morgan fingerprint density at radius 3 is 2.43 bits per heavy atom. The van der Waals surface area contributed by atoms with Crippen LogP contribution in [0.2, 0.25) is 0 Å². The van der Waals surface area contributed by atoms with Crippen LogP contribution in [-0.4, -0.2) is 76.5 Å². The molecule has 0 aliphatic heterocycles. The van der Waals surface area contributed by atoms with Gasteiger partial charge in [-0.25, -0.2) is 10.3 Å². The van der Waals surface area contributed by atoms with Crippen molar-refractivity contribution in [2.75, 3.05) is 53.3 Å². The minimum absolute atomic E-state index is 0.0107. The monoisotopic (exact) mass is 405 g/mol. The molecule has 0 unspecified atom stereocenters. The van der Waals surface area contributed by atoms with Crippen molar-refractivity contribution >= 4 is 18.2 Å². The molecule has 2 N–H and O–H groups in total. The Labute approximate surface area is 167 Å². The molecule has 10 heteroatoms. The summed E-state index contributed by atoms with van der Waals surface area (Å²) in [6, 6.07) is 0. The lowest BCUT2D eigenvalue weighted by Crippen LogP contribution is -2.30. The van der Waals surface area contributed by atoms with Crippen LogP contribution in [0.1, 0.15) is 39.5 Å². The van der Waals surface area contributed by atoms with E-state index in [0.717, 1.165) is 18.0 Å². The van der Waals surface area contributed by atoms with Gasteiger partial charge >= 0.3 is 5.97 Å². The van der Waals surface area contributed by atoms with Gasteiger partial charge in [-0.1, -0.05) is 13.8 Å². The largest absolute Gasteiger partial charge is 0.378 e. The molecule has 0 bridgehead atoms. The molecule has 0 saturated carbocycles. The summed E-state index contributed by atoms with van der Waals surface area (Å²) in [7, 11) is 1.33. The summed E-state index contributed by atoms with van der Waals surface area (Å²) < 4.78 is 10.6. The molecule has 28 heavy (non-hydrogen) atoms. The third-order valence-electron chi connectivity index (χ3n) is 3.41. The van der Waals surface area contributed by atoms with Crippen molar-refractivity contribution in [2.45, 2.75) is 39.5 Å². The van der Waals surface area contributed by atoms with E-state index < -0.39 is 11.9 Å². The minimum Gasteiger partial charge on any atom is -0.378 e. The van der Waals surface area contributed by atoms with E-state index in [1.54, 1.807) is 0 Å². The molecule has 0 atom stereocenters. The highest BCUT2D eigenvalue weighted by Crippen LogP contribution is 1.98. The number of aldehydes is 1. The topological polar surface area (TPSA) is 115 Å². The molecule has 0 saturated heterocycles. The Morgan fingerprint density at radius 2 is 1.75 bits per heavy atom. The minimum atomic E-state index is -0.575. The van der Waals surface area contributed by atoms with Crippen molar-refractivity contribution in [3.63, 3.8) is 0 Å². The van der Waals surface area contributed by atoms with Gasteiger partial charge in [-0.05, 0) is 12.3 Å². The van der Waals surface area contributed by atoms with E-state index in [0.29, 0.717) is 45.3 Å². The fourth-order valence-corrected chi connectivity index (χ4v) is 1.80. The summed E-state index contributed by atoms with van der Waals surface area (Å²) in [5.74, 6) is -0.357. The van der Waals surface area contributed by atoms with Crippen LogP contribution in [0.5, 0.6) is 0 Å². The second-order valence-electron chi connectivity index (χ2n) is 6.40. The Balaban J connectivity index is 3.35. The average Bonchev–Trinajstić information content (AvgIpc) is 2.65. The molecule has 0 rings (SSSR count). The van der Waals surface area contributed by atoms with E-state index in [9.17, 15) is 14.4 Å². The van der Waals surface area contributed by atoms with E-state index in [4.69, 9.17) is 19.1 Å². The van der Waals surface area contributed by atoms with Gasteiger partial charge in [0.25, 0.3) is 5.91 Å². The number of rotatable bonds is 18. The van der Waals surface area contributed by atoms with Crippen molar-refractivity contribution in [3.8, 4) is 0 Å². The summed E-state index contributed by atoms with van der Waals surface area (Å²) in [6.07, 6.45) is 1.84. The van der Waals surface area contributed by atoms with Gasteiger partial charge in [-0.2, -0.15) is 5.06 Å². The van der Waals surface area contributed by atoms with E-state index in [-0.39, 0.29) is 25.9 Å². The van der Waals surface area contributed by atoms with Gasteiger partial charge in [0.05, 0.1) is 32.8 Å². The van der Waals surface area contributed by atoms with Gasteiger partial charge in [0.1, 0.15) is 13.0 Å². The Hall–Kier alpha value is -1.59. The molecule has 164 valence electrons. The number of ether oxygens (including phenoxy) is 2. The zero-order valence-corrected chi connectivity index (χ0v) is 17.2. The molecule has 0 fully saturated rings. The third kappa shape index (κ3) is 17.8. The summed E-state index contributed by atoms with van der Waals surface area (Å²) in [5, 5.41) is 3.91. The molecule has 1 amide bonds. The predicted octanol–water partition coefficient (Wildman–Crippen LogP) is 0.420. The number of nitrogens with zero attached hydrogens (tertiary/aromatic N) is 1. The van der Waals surface area contributed by atoms with Crippen molar-refractivity contribution < 1.29 is 33.5 Å². The standard InChI is InChI=1S/C18H35N3O7/c1-16(2)6-8-20-27-15-19-9-12-26-14-13-25-11-7-18(24)28-21(3)17(23)5-4-10-22/h10,16,19-20H,4-9,11-15H2,1-3H3. The molecule has 0 aromatic heterocycles. The van der Waals surface area contributed by atoms with Crippen LogP contribution >= 0.6 is 0 Å². The lowest BCUT2D eigenvalue weighted by molar-refractivity contribution is -0.193. The smallest absolute Gasteiger partial charge is 0.334 e. The average molecular weight is 405 g/mol. The lowest BCUT2D eigenvalue weighted by atomic mass is 10.1. The summed E-state index contributed by atoms with van der Waals surface area (Å²) >= 11 is 0. The molecular formula is C18H35N3O7. The number of hydrogen-bond donors (Lipinski definition) is 2. The third-order valence-corrected chi connectivity index (χ3v) is 3.41. The lowest BCUT2D eigenvalue weighted by Gasteiger charge is -2.15. The van der Waals surface area contributed by atoms with Crippen LogP contribution in [0.25, 0.3) is 0 Å². The number of carbonyl (C=O) groups is 3. The van der Waals surface area contributed by atoms with E-state index in [2.05, 4.69) is 24.6 Å². The number of hydrogen-bond acceptors (Lipinski definition) is 9. The SMILES string of the molecule is CC(C)CCNOCNCCOCCOCCC(=O)ON(C)C(=O)CCC=O. The molecule has 10 nitrogen and oxygen atoms in total. The summed E-state index contributed by atoms with van der Waals surface area (Å²) in [4.78, 5) is 43.2. The highest BCUT2D eigenvalue weighted by atomic mass is 16.7. The van der Waals surface area contributed by atoms with Gasteiger partial charge in [0, 0.05) is 33.0 Å². The first kappa shape index (κ1) is 26.4. The fraction of sp³-hybridized carbons (Fsp3) is 0.833. The van der Waals surface area contributed by atoms with Crippen LogP contribution in [0.4, 0.5) is 0 Å². The first-order valence-electron chi connectivity index (χ1n) is 9.59. The molecule has 0 aliphatic carbocycles. The van der Waals surface area contributed by atoms with Crippen LogP contribution in [-0.2, 0) is 33.5 Å². The second kappa shape index (κ2) is 18.8. The van der Waals surface area contributed by atoms with Crippen molar-refractivity contribution in [2.24, 2.45) is 5.92 Å². The molecule has 0 aromatic carbocycles. The summed E-state index contributed by atoms with van der Waals surface area (Å²) in [6.45, 7) is 7.67. The van der Waals surface area contributed by atoms with Crippen LogP contribution in [0.3, 0.4) is 0 Å². The molecule has 0 aliphatic rings. The maximum Gasteiger partial charge on any atom is 0.334 e. The Morgan fingerprint density at radius 1 is 1.04 bits per heavy atom. The molecule has 0 spiro atoms. The first-order chi connectivity index (χ1) is 13.5. The van der Waals surface area contributed by atoms with E-state index in [1.165, 1.54) is 7.05 Å². The molecule has 0 heterocycles. The van der Waals surface area contributed by atoms with Gasteiger partial charge < -0.3 is 19.1 Å². The normalized spacial score (nSPS) is 10.9. The predicted molar refractivity (Wildman–Crippen MR) is 102 cm³/mol. The maximum atomic E-state index is 11.5. The quantitative estimate of drug-likeness (QED) is 0.145. The van der Waals surface area contributed by atoms with Crippen molar-refractivity contribution in [1.29, 1.82) is 0 Å². The molecule has 0 radical (unpaired) electrons. The van der Waals surface area contributed by atoms with Crippen LogP contribution < -0.4 is 10.8 Å². The number of nitrogens with one attached hydrogen (secondary N) is 2. The first-order valence-corrected chi connectivity index (χ1v) is 9.59. The number of hydroxylamine groups is 3. The highest BCUT2D eigenvalue weighted by molar-refractivity contribution is 5.79. The number of amides is 1. The van der Waals surface area contributed by atoms with Gasteiger partial charge in [0.15, 0.2) is 0 Å². The van der Waals surface area contributed by atoms with E-state index in [1.807, 2.05) is 0 Å². The zero-order valence-electron chi connectivity index (χ0n) is 17.2. The van der Waals surface area contributed by atoms with Gasteiger partial charge in [-0.3, -0.25) is 14.9 Å². The Kier molecular flexibility index (Phi) is 17.7. The molecule has 0 aromatic rings. The van der Waals surface area contributed by atoms with Crippen LogP contribution in [0.15, 0.2) is 0 Å². The Bertz CT molecular complexity index is 422. The fourth-order valence-electron chi connectivity index (χ4n) is 1.80. The van der Waals surface area contributed by atoms with Crippen molar-refractivity contribution in [3.05, 3.63) is 0 Å². The summed E-state index contributed by atoms with van der Waals surface area (Å²) in [5.41, 5.74) is 2.88. The van der Waals surface area contributed by atoms with Crippen molar-refractivity contribution in [1.82, 2.24) is 15.9 Å². The highest BCUT2D eigenvalue weighted by Gasteiger charge is 2.13. The van der Waals surface area contributed by atoms with E-state index >= 15 is 0 Å². The number of carbonyl (C=O) groups excluding carboxylic acids is 3.